The molecule has 1 saturated heterocycles. The first-order valence-electron chi connectivity index (χ1n) is 13.6. The molecule has 0 bridgehead atoms. The van der Waals surface area contributed by atoms with Crippen LogP contribution < -0.4 is 10.1 Å². The molecule has 2 amide bonds. The Kier molecular flexibility index (Phi) is 10.5. The van der Waals surface area contributed by atoms with Crippen LogP contribution in [-0.2, 0) is 25.8 Å². The molecule has 2 heterocycles. The zero-order valence-electron chi connectivity index (χ0n) is 23.2. The van der Waals surface area contributed by atoms with Crippen molar-refractivity contribution in [1.82, 2.24) is 25.1 Å². The lowest BCUT2D eigenvalue weighted by Crippen LogP contribution is -2.55. The monoisotopic (exact) mass is 579 g/mol. The molecule has 1 aliphatic heterocycles. The van der Waals surface area contributed by atoms with Crippen LogP contribution >= 0.6 is 0 Å². The first kappa shape index (κ1) is 30.1. The third-order valence-electron chi connectivity index (χ3n) is 6.41. The number of amides is 2. The van der Waals surface area contributed by atoms with Crippen LogP contribution in [0.4, 0.5) is 4.79 Å². The molecule has 222 valence electrons. The van der Waals surface area contributed by atoms with Crippen molar-refractivity contribution in [2.75, 3.05) is 32.8 Å². The standard InChI is InChI=1S/C29H33N5O8/c1-2-40-29(39)42-33-17-15-32(16-18-33)28(38)23(13-14-26(35)36)30-27(37)24-19-25(41-20-21-9-5-3-6-10-21)34(31-24)22-11-7-4-8-12-22/h3-12,19,23H,2,13-18,20H2,1H3,(H,30,37)(H,35,36)/t23-/m0/s1. The highest BCUT2D eigenvalue weighted by Crippen LogP contribution is 2.21. The number of hydroxylamine groups is 2. The number of benzene rings is 2. The molecule has 2 N–H and O–H groups in total. The number of para-hydroxylation sites is 1. The summed E-state index contributed by atoms with van der Waals surface area (Å²) in [5.41, 5.74) is 1.60. The first-order chi connectivity index (χ1) is 20.3. The molecule has 0 unspecified atom stereocenters. The normalized spacial score (nSPS) is 14.1. The van der Waals surface area contributed by atoms with Crippen molar-refractivity contribution >= 4 is 23.9 Å². The van der Waals surface area contributed by atoms with Gasteiger partial charge in [-0.15, -0.1) is 5.06 Å². The minimum Gasteiger partial charge on any atom is -0.481 e. The van der Waals surface area contributed by atoms with Gasteiger partial charge in [-0.3, -0.25) is 14.4 Å². The number of aliphatic carboxylic acids is 1. The lowest BCUT2D eigenvalue weighted by atomic mass is 10.1. The number of hydrogen-bond acceptors (Lipinski definition) is 9. The predicted molar refractivity (Wildman–Crippen MR) is 149 cm³/mol. The molecule has 1 atom stereocenters. The Morgan fingerprint density at radius 1 is 0.976 bits per heavy atom. The van der Waals surface area contributed by atoms with Gasteiger partial charge in [-0.1, -0.05) is 48.5 Å². The summed E-state index contributed by atoms with van der Waals surface area (Å²) >= 11 is 0. The second-order valence-corrected chi connectivity index (χ2v) is 9.38. The number of carbonyl (C=O) groups excluding carboxylic acids is 3. The second-order valence-electron chi connectivity index (χ2n) is 9.38. The molecular weight excluding hydrogens is 546 g/mol. The Bertz CT molecular complexity index is 1360. The fraction of sp³-hybridized carbons (Fsp3) is 0.345. The van der Waals surface area contributed by atoms with Crippen molar-refractivity contribution in [2.45, 2.75) is 32.4 Å². The van der Waals surface area contributed by atoms with Gasteiger partial charge in [0, 0.05) is 25.6 Å². The molecule has 13 heteroatoms. The van der Waals surface area contributed by atoms with Crippen LogP contribution in [0.1, 0.15) is 35.8 Å². The van der Waals surface area contributed by atoms with E-state index in [1.807, 2.05) is 60.7 Å². The Balaban J connectivity index is 1.47. The molecule has 0 aliphatic carbocycles. The molecule has 0 spiro atoms. The fourth-order valence-electron chi connectivity index (χ4n) is 4.29. The maximum Gasteiger partial charge on any atom is 0.527 e. The van der Waals surface area contributed by atoms with Gasteiger partial charge in [-0.25, -0.2) is 9.48 Å². The van der Waals surface area contributed by atoms with Crippen molar-refractivity contribution in [1.29, 1.82) is 0 Å². The molecule has 1 aromatic heterocycles. The van der Waals surface area contributed by atoms with Crippen molar-refractivity contribution < 1.29 is 38.6 Å². The topological polar surface area (TPSA) is 153 Å². The second kappa shape index (κ2) is 14.6. The Morgan fingerprint density at radius 2 is 1.64 bits per heavy atom. The summed E-state index contributed by atoms with van der Waals surface area (Å²) in [4.78, 5) is 56.2. The summed E-state index contributed by atoms with van der Waals surface area (Å²) in [7, 11) is 0. The van der Waals surface area contributed by atoms with E-state index in [-0.39, 0.29) is 57.9 Å². The molecule has 0 radical (unpaired) electrons. The minimum atomic E-state index is -1.11. The van der Waals surface area contributed by atoms with Gasteiger partial charge in [-0.05, 0) is 31.0 Å². The van der Waals surface area contributed by atoms with Crippen LogP contribution in [0.25, 0.3) is 5.69 Å². The third-order valence-corrected chi connectivity index (χ3v) is 6.41. The third kappa shape index (κ3) is 8.30. The van der Waals surface area contributed by atoms with E-state index in [1.54, 1.807) is 6.92 Å². The SMILES string of the molecule is CCOC(=O)ON1CCN(C(=O)[C@H](CCC(=O)O)NC(=O)c2cc(OCc3ccccc3)n(-c3ccccc3)n2)CC1. The maximum absolute atomic E-state index is 13.4. The fourth-order valence-corrected chi connectivity index (χ4v) is 4.29. The number of ether oxygens (including phenoxy) is 2. The van der Waals surface area contributed by atoms with E-state index in [4.69, 9.17) is 14.3 Å². The van der Waals surface area contributed by atoms with Crippen LogP contribution in [-0.4, -0.2) is 87.6 Å². The van der Waals surface area contributed by atoms with Gasteiger partial charge in [-0.2, -0.15) is 5.10 Å². The smallest absolute Gasteiger partial charge is 0.481 e. The summed E-state index contributed by atoms with van der Waals surface area (Å²) in [6.45, 7) is 2.95. The maximum atomic E-state index is 13.4. The molecule has 1 aliphatic rings. The highest BCUT2D eigenvalue weighted by molar-refractivity contribution is 5.96. The zero-order chi connectivity index (χ0) is 29.9. The van der Waals surface area contributed by atoms with Gasteiger partial charge < -0.3 is 29.6 Å². The Hall–Kier alpha value is -4.91. The average Bonchev–Trinajstić information content (AvgIpc) is 3.44. The highest BCUT2D eigenvalue weighted by Gasteiger charge is 2.31. The molecule has 42 heavy (non-hydrogen) atoms. The first-order valence-corrected chi connectivity index (χ1v) is 13.6. The summed E-state index contributed by atoms with van der Waals surface area (Å²) in [6, 6.07) is 19.0. The summed E-state index contributed by atoms with van der Waals surface area (Å²) in [6.07, 6.45) is -1.27. The number of aromatic nitrogens is 2. The van der Waals surface area contributed by atoms with E-state index in [9.17, 15) is 24.3 Å². The number of hydrogen-bond donors (Lipinski definition) is 2. The largest absolute Gasteiger partial charge is 0.527 e. The molecule has 2 aromatic carbocycles. The quantitative estimate of drug-likeness (QED) is 0.306. The molecule has 4 rings (SSSR count). The number of carboxylic acids is 1. The Morgan fingerprint density at radius 3 is 2.29 bits per heavy atom. The molecule has 3 aromatic rings. The van der Waals surface area contributed by atoms with E-state index in [0.29, 0.717) is 11.6 Å². The van der Waals surface area contributed by atoms with Crippen molar-refractivity contribution in [3.8, 4) is 11.6 Å². The van der Waals surface area contributed by atoms with E-state index in [2.05, 4.69) is 10.4 Å². The summed E-state index contributed by atoms with van der Waals surface area (Å²) in [5, 5.41) is 17.7. The highest BCUT2D eigenvalue weighted by atomic mass is 16.8. The van der Waals surface area contributed by atoms with Gasteiger partial charge in [0.25, 0.3) is 5.91 Å². The summed E-state index contributed by atoms with van der Waals surface area (Å²) < 4.78 is 12.3. The van der Waals surface area contributed by atoms with Crippen molar-refractivity contribution in [3.05, 3.63) is 78.0 Å². The lowest BCUT2D eigenvalue weighted by Gasteiger charge is -2.35. The van der Waals surface area contributed by atoms with Crippen LogP contribution in [0.15, 0.2) is 66.7 Å². The summed E-state index contributed by atoms with van der Waals surface area (Å²) in [5.74, 6) is -1.87. The van der Waals surface area contributed by atoms with E-state index in [1.165, 1.54) is 20.7 Å². The van der Waals surface area contributed by atoms with E-state index in [0.717, 1.165) is 5.56 Å². The molecule has 0 saturated carbocycles. The number of nitrogens with one attached hydrogen (secondary N) is 1. The number of nitrogens with zero attached hydrogens (tertiary/aromatic N) is 4. The lowest BCUT2D eigenvalue weighted by molar-refractivity contribution is -0.157. The van der Waals surface area contributed by atoms with Gasteiger partial charge in [0.05, 0.1) is 25.4 Å². The van der Waals surface area contributed by atoms with Crippen LogP contribution in [0, 0.1) is 0 Å². The van der Waals surface area contributed by atoms with Crippen molar-refractivity contribution in [2.24, 2.45) is 0 Å². The predicted octanol–water partition coefficient (Wildman–Crippen LogP) is 2.65. The van der Waals surface area contributed by atoms with Crippen LogP contribution in [0.2, 0.25) is 0 Å². The van der Waals surface area contributed by atoms with Gasteiger partial charge in [0.15, 0.2) is 5.69 Å². The number of piperazine rings is 1. The Labute approximate surface area is 242 Å². The van der Waals surface area contributed by atoms with Crippen LogP contribution in [0.3, 0.4) is 0 Å². The number of rotatable bonds is 12. The molecular formula is C29H33N5O8. The van der Waals surface area contributed by atoms with Gasteiger partial charge >= 0.3 is 12.1 Å². The van der Waals surface area contributed by atoms with Crippen molar-refractivity contribution in [3.63, 3.8) is 0 Å². The average molecular weight is 580 g/mol. The number of carboxylic acid groups (broad SMARTS) is 1. The van der Waals surface area contributed by atoms with Crippen LogP contribution in [0.5, 0.6) is 5.88 Å². The minimum absolute atomic E-state index is 0.00250. The molecule has 1 fully saturated rings. The van der Waals surface area contributed by atoms with Gasteiger partial charge in [0.2, 0.25) is 11.8 Å². The van der Waals surface area contributed by atoms with E-state index < -0.39 is 30.0 Å². The van der Waals surface area contributed by atoms with E-state index >= 15 is 0 Å². The zero-order valence-corrected chi connectivity index (χ0v) is 23.2. The van der Waals surface area contributed by atoms with Gasteiger partial charge in [0.1, 0.15) is 12.6 Å². The number of carbonyl (C=O) groups is 4. The molecule has 13 nitrogen and oxygen atoms in total.